The van der Waals surface area contributed by atoms with Crippen LogP contribution in [-0.2, 0) is 9.47 Å². The lowest BCUT2D eigenvalue weighted by atomic mass is 10.1. The highest BCUT2D eigenvalue weighted by Gasteiger charge is 2.21. The number of rotatable bonds is 4. The molecule has 3 nitrogen and oxygen atoms in total. The van der Waals surface area contributed by atoms with E-state index >= 15 is 0 Å². The Bertz CT molecular complexity index is 176. The fourth-order valence-corrected chi connectivity index (χ4v) is 2.41. The van der Waals surface area contributed by atoms with Crippen LogP contribution in [0.3, 0.4) is 0 Å². The molecule has 3 unspecified atom stereocenters. The van der Waals surface area contributed by atoms with Gasteiger partial charge in [-0.05, 0) is 39.0 Å². The molecule has 0 amide bonds. The number of hydrogen-bond acceptors (Lipinski definition) is 3. The number of ether oxygens (including phenoxy) is 2. The van der Waals surface area contributed by atoms with Crippen LogP contribution < -0.4 is 5.32 Å². The van der Waals surface area contributed by atoms with E-state index in [9.17, 15) is 0 Å². The van der Waals surface area contributed by atoms with Crippen molar-refractivity contribution in [3.8, 4) is 0 Å². The van der Waals surface area contributed by atoms with Gasteiger partial charge < -0.3 is 14.8 Å². The van der Waals surface area contributed by atoms with Gasteiger partial charge in [-0.3, -0.25) is 0 Å². The number of hydrogen-bond donors (Lipinski definition) is 1. The first-order valence-corrected chi connectivity index (χ1v) is 6.32. The van der Waals surface area contributed by atoms with Crippen LogP contribution in [0.2, 0.25) is 0 Å². The van der Waals surface area contributed by atoms with Crippen LogP contribution in [0.5, 0.6) is 0 Å². The van der Waals surface area contributed by atoms with E-state index in [-0.39, 0.29) is 0 Å². The van der Waals surface area contributed by atoms with Crippen LogP contribution in [0.15, 0.2) is 0 Å². The first kappa shape index (κ1) is 11.4. The number of nitrogens with one attached hydrogen (secondary N) is 1. The molecule has 2 rings (SSSR count). The molecule has 3 atom stereocenters. The second-order valence-electron chi connectivity index (χ2n) is 4.79. The van der Waals surface area contributed by atoms with Crippen LogP contribution in [0, 0.1) is 0 Å². The van der Waals surface area contributed by atoms with E-state index in [1.807, 2.05) is 0 Å². The fourth-order valence-electron chi connectivity index (χ4n) is 2.41. The van der Waals surface area contributed by atoms with Gasteiger partial charge in [0, 0.05) is 19.7 Å². The third-order valence-corrected chi connectivity index (χ3v) is 3.34. The monoisotopic (exact) mass is 213 g/mol. The minimum absolute atomic E-state index is 0.434. The van der Waals surface area contributed by atoms with Gasteiger partial charge in [-0.2, -0.15) is 0 Å². The molecule has 2 heterocycles. The molecule has 0 aliphatic carbocycles. The van der Waals surface area contributed by atoms with Gasteiger partial charge in [-0.1, -0.05) is 0 Å². The molecule has 2 fully saturated rings. The average Bonchev–Trinajstić information content (AvgIpc) is 2.66. The van der Waals surface area contributed by atoms with Gasteiger partial charge in [0.15, 0.2) is 0 Å². The summed E-state index contributed by atoms with van der Waals surface area (Å²) in [5.74, 6) is 0. The van der Waals surface area contributed by atoms with Gasteiger partial charge in [0.2, 0.25) is 0 Å². The van der Waals surface area contributed by atoms with E-state index in [0.29, 0.717) is 18.3 Å². The van der Waals surface area contributed by atoms with Crippen molar-refractivity contribution >= 4 is 0 Å². The molecule has 0 spiro atoms. The molecule has 88 valence electrons. The second kappa shape index (κ2) is 5.83. The molecule has 0 aromatic carbocycles. The van der Waals surface area contributed by atoms with Gasteiger partial charge in [0.1, 0.15) is 0 Å². The highest BCUT2D eigenvalue weighted by molar-refractivity contribution is 4.74. The smallest absolute Gasteiger partial charge is 0.0704 e. The molecule has 0 bridgehead atoms. The lowest BCUT2D eigenvalue weighted by molar-refractivity contribution is 0.0119. The topological polar surface area (TPSA) is 30.5 Å². The minimum atomic E-state index is 0.434. The summed E-state index contributed by atoms with van der Waals surface area (Å²) in [4.78, 5) is 0. The zero-order valence-corrected chi connectivity index (χ0v) is 9.71. The van der Waals surface area contributed by atoms with Crippen molar-refractivity contribution in [3.63, 3.8) is 0 Å². The van der Waals surface area contributed by atoms with Crippen molar-refractivity contribution in [3.05, 3.63) is 0 Å². The Kier molecular flexibility index (Phi) is 4.42. The molecule has 0 aromatic rings. The lowest BCUT2D eigenvalue weighted by Gasteiger charge is -2.23. The van der Waals surface area contributed by atoms with Crippen molar-refractivity contribution in [2.24, 2.45) is 0 Å². The molecule has 0 saturated carbocycles. The summed E-state index contributed by atoms with van der Waals surface area (Å²) in [6.07, 6.45) is 7.54. The van der Waals surface area contributed by atoms with Gasteiger partial charge in [0.25, 0.3) is 0 Å². The lowest BCUT2D eigenvalue weighted by Crippen LogP contribution is -2.36. The minimum Gasteiger partial charge on any atom is -0.377 e. The Hall–Kier alpha value is -0.120. The van der Waals surface area contributed by atoms with E-state index in [1.165, 1.54) is 32.1 Å². The fraction of sp³-hybridized carbons (Fsp3) is 1.00. The third-order valence-electron chi connectivity index (χ3n) is 3.34. The van der Waals surface area contributed by atoms with Gasteiger partial charge in [-0.15, -0.1) is 0 Å². The van der Waals surface area contributed by atoms with Crippen molar-refractivity contribution in [1.82, 2.24) is 5.32 Å². The van der Waals surface area contributed by atoms with E-state index in [0.717, 1.165) is 19.7 Å². The maximum absolute atomic E-state index is 5.75. The second-order valence-corrected chi connectivity index (χ2v) is 4.79. The van der Waals surface area contributed by atoms with E-state index in [1.54, 1.807) is 0 Å². The molecule has 2 aliphatic rings. The molecule has 2 aliphatic heterocycles. The first-order valence-electron chi connectivity index (χ1n) is 6.32. The highest BCUT2D eigenvalue weighted by Crippen LogP contribution is 2.18. The molecule has 0 aromatic heterocycles. The Morgan fingerprint density at radius 1 is 1.07 bits per heavy atom. The summed E-state index contributed by atoms with van der Waals surface area (Å²) in [6, 6.07) is 0. The third kappa shape index (κ3) is 3.74. The Balaban J connectivity index is 1.54. The van der Waals surface area contributed by atoms with Crippen molar-refractivity contribution in [1.29, 1.82) is 0 Å². The molecule has 2 saturated heterocycles. The van der Waals surface area contributed by atoms with Gasteiger partial charge in [-0.25, -0.2) is 0 Å². The largest absolute Gasteiger partial charge is 0.377 e. The highest BCUT2D eigenvalue weighted by atomic mass is 16.5. The standard InChI is InChI=1S/C12H23NO2/c1-10-5-6-12(15-10)9-13-8-11-4-2-3-7-14-11/h10-13H,2-9H2,1H3. The Labute approximate surface area is 92.5 Å². The maximum Gasteiger partial charge on any atom is 0.0704 e. The molecular formula is C12H23NO2. The summed E-state index contributed by atoms with van der Waals surface area (Å²) in [5.41, 5.74) is 0. The van der Waals surface area contributed by atoms with E-state index in [2.05, 4.69) is 12.2 Å². The SMILES string of the molecule is CC1CCC(CNCC2CCCCO2)O1. The summed E-state index contributed by atoms with van der Waals surface area (Å²) in [5, 5.41) is 3.47. The normalized spacial score (nSPS) is 37.0. The molecule has 1 N–H and O–H groups in total. The summed E-state index contributed by atoms with van der Waals surface area (Å²) < 4.78 is 11.4. The van der Waals surface area contributed by atoms with Gasteiger partial charge >= 0.3 is 0 Å². The zero-order chi connectivity index (χ0) is 10.5. The van der Waals surface area contributed by atoms with Crippen LogP contribution in [0.1, 0.15) is 39.0 Å². The van der Waals surface area contributed by atoms with Crippen molar-refractivity contribution in [2.45, 2.75) is 57.3 Å². The quantitative estimate of drug-likeness (QED) is 0.771. The Morgan fingerprint density at radius 2 is 1.93 bits per heavy atom. The predicted molar refractivity (Wildman–Crippen MR) is 60.0 cm³/mol. The van der Waals surface area contributed by atoms with Crippen LogP contribution in [0.25, 0.3) is 0 Å². The summed E-state index contributed by atoms with van der Waals surface area (Å²) in [6.45, 7) is 5.09. The average molecular weight is 213 g/mol. The molecule has 0 radical (unpaired) electrons. The molecule has 15 heavy (non-hydrogen) atoms. The predicted octanol–water partition coefficient (Wildman–Crippen LogP) is 1.71. The molecular weight excluding hydrogens is 190 g/mol. The first-order chi connectivity index (χ1) is 7.34. The summed E-state index contributed by atoms with van der Waals surface area (Å²) in [7, 11) is 0. The van der Waals surface area contributed by atoms with E-state index < -0.39 is 0 Å². The van der Waals surface area contributed by atoms with Crippen LogP contribution in [-0.4, -0.2) is 38.0 Å². The van der Waals surface area contributed by atoms with Crippen LogP contribution >= 0.6 is 0 Å². The maximum atomic E-state index is 5.75. The van der Waals surface area contributed by atoms with Gasteiger partial charge in [0.05, 0.1) is 18.3 Å². The van der Waals surface area contributed by atoms with E-state index in [4.69, 9.17) is 9.47 Å². The van der Waals surface area contributed by atoms with Crippen molar-refractivity contribution in [2.75, 3.05) is 19.7 Å². The Morgan fingerprint density at radius 3 is 2.60 bits per heavy atom. The van der Waals surface area contributed by atoms with Crippen molar-refractivity contribution < 1.29 is 9.47 Å². The zero-order valence-electron chi connectivity index (χ0n) is 9.71. The van der Waals surface area contributed by atoms with Crippen LogP contribution in [0.4, 0.5) is 0 Å². The molecule has 3 heteroatoms. The summed E-state index contributed by atoms with van der Waals surface area (Å²) >= 11 is 0.